The topological polar surface area (TPSA) is 52.9 Å². The van der Waals surface area contributed by atoms with Crippen LogP contribution in [0, 0.1) is 5.82 Å². The Kier molecular flexibility index (Phi) is 4.56. The average molecular weight is 408 g/mol. The molecule has 31 heavy (non-hydrogen) atoms. The van der Waals surface area contributed by atoms with Crippen molar-refractivity contribution < 1.29 is 14.3 Å². The SMILES string of the molecule is O=C1/C(=C\c2cccc3ccccc23)N=C(c2ccccc2F)N1c1ccc(O)cc1. The first-order valence-electron chi connectivity index (χ1n) is 9.78. The normalized spacial score (nSPS) is 15.0. The Labute approximate surface area is 178 Å². The van der Waals surface area contributed by atoms with Crippen LogP contribution in [-0.4, -0.2) is 16.8 Å². The summed E-state index contributed by atoms with van der Waals surface area (Å²) in [5.74, 6) is -0.548. The molecule has 0 saturated carbocycles. The maximum absolute atomic E-state index is 14.6. The first-order valence-corrected chi connectivity index (χ1v) is 9.78. The quantitative estimate of drug-likeness (QED) is 0.454. The van der Waals surface area contributed by atoms with Crippen LogP contribution >= 0.6 is 0 Å². The lowest BCUT2D eigenvalue weighted by Gasteiger charge is -2.18. The van der Waals surface area contributed by atoms with Crippen molar-refractivity contribution in [3.8, 4) is 5.75 Å². The predicted molar refractivity (Wildman–Crippen MR) is 120 cm³/mol. The molecule has 0 saturated heterocycles. The van der Waals surface area contributed by atoms with Gasteiger partial charge >= 0.3 is 0 Å². The third kappa shape index (κ3) is 3.36. The third-order valence-electron chi connectivity index (χ3n) is 5.20. The average Bonchev–Trinajstić information content (AvgIpc) is 3.11. The van der Waals surface area contributed by atoms with Gasteiger partial charge in [-0.1, -0.05) is 54.6 Å². The number of amidine groups is 1. The smallest absolute Gasteiger partial charge is 0.282 e. The molecular formula is C26H17FN2O2. The van der Waals surface area contributed by atoms with Gasteiger partial charge in [0.1, 0.15) is 17.3 Å². The molecule has 1 amide bonds. The van der Waals surface area contributed by atoms with Crippen LogP contribution in [0.5, 0.6) is 5.75 Å². The number of phenolic OH excluding ortho intramolecular Hbond substituents is 1. The van der Waals surface area contributed by atoms with Crippen molar-refractivity contribution >= 4 is 34.3 Å². The molecule has 0 aromatic heterocycles. The molecule has 1 heterocycles. The summed E-state index contributed by atoms with van der Waals surface area (Å²) in [5, 5.41) is 11.7. The van der Waals surface area contributed by atoms with Crippen molar-refractivity contribution in [1.29, 1.82) is 0 Å². The number of carbonyl (C=O) groups is 1. The van der Waals surface area contributed by atoms with Crippen LogP contribution < -0.4 is 4.90 Å². The minimum atomic E-state index is -0.468. The van der Waals surface area contributed by atoms with E-state index in [0.29, 0.717) is 5.69 Å². The maximum atomic E-state index is 14.6. The van der Waals surface area contributed by atoms with E-state index in [0.717, 1.165) is 16.3 Å². The third-order valence-corrected chi connectivity index (χ3v) is 5.20. The van der Waals surface area contributed by atoms with Gasteiger partial charge in [0, 0.05) is 0 Å². The maximum Gasteiger partial charge on any atom is 0.282 e. The van der Waals surface area contributed by atoms with E-state index in [9.17, 15) is 14.3 Å². The van der Waals surface area contributed by atoms with Gasteiger partial charge in [0.15, 0.2) is 5.84 Å². The minimum Gasteiger partial charge on any atom is -0.508 e. The van der Waals surface area contributed by atoms with E-state index in [4.69, 9.17) is 0 Å². The fraction of sp³-hybridized carbons (Fsp3) is 0. The van der Waals surface area contributed by atoms with Gasteiger partial charge in [-0.15, -0.1) is 0 Å². The van der Waals surface area contributed by atoms with E-state index in [-0.39, 0.29) is 28.8 Å². The molecule has 0 atom stereocenters. The van der Waals surface area contributed by atoms with Crippen molar-refractivity contribution in [2.45, 2.75) is 0 Å². The molecule has 0 radical (unpaired) electrons. The molecule has 5 heteroatoms. The molecule has 0 spiro atoms. The van der Waals surface area contributed by atoms with Crippen molar-refractivity contribution in [1.82, 2.24) is 0 Å². The van der Waals surface area contributed by atoms with Gasteiger partial charge in [-0.05, 0) is 58.8 Å². The molecule has 150 valence electrons. The van der Waals surface area contributed by atoms with E-state index < -0.39 is 5.82 Å². The molecule has 4 aromatic rings. The summed E-state index contributed by atoms with van der Waals surface area (Å²) in [7, 11) is 0. The molecule has 4 nitrogen and oxygen atoms in total. The number of nitrogens with zero attached hydrogens (tertiary/aromatic N) is 2. The highest BCUT2D eigenvalue weighted by Gasteiger charge is 2.33. The Hall–Kier alpha value is -4.25. The summed E-state index contributed by atoms with van der Waals surface area (Å²) in [4.78, 5) is 19.3. The van der Waals surface area contributed by atoms with E-state index in [1.807, 2.05) is 42.5 Å². The van der Waals surface area contributed by atoms with Gasteiger partial charge < -0.3 is 5.11 Å². The zero-order valence-corrected chi connectivity index (χ0v) is 16.4. The largest absolute Gasteiger partial charge is 0.508 e. The standard InChI is InChI=1S/C26H17FN2O2/c27-23-11-4-3-10-22(23)25-28-24(26(31)29(25)19-12-14-20(30)15-13-19)16-18-8-5-7-17-6-1-2-9-21(17)18/h1-16,30H/b24-16+. The number of carbonyl (C=O) groups excluding carboxylic acids is 1. The van der Waals surface area contributed by atoms with Gasteiger partial charge in [0.05, 0.1) is 11.3 Å². The molecule has 1 aliphatic rings. The summed E-state index contributed by atoms with van der Waals surface area (Å²) in [6.07, 6.45) is 1.73. The number of aliphatic imine (C=N–C) groups is 1. The van der Waals surface area contributed by atoms with Gasteiger partial charge in [-0.3, -0.25) is 9.69 Å². The predicted octanol–water partition coefficient (Wildman–Crippen LogP) is 5.52. The molecule has 0 bridgehead atoms. The van der Waals surface area contributed by atoms with Crippen LogP contribution in [0.1, 0.15) is 11.1 Å². The fourth-order valence-corrected chi connectivity index (χ4v) is 3.70. The summed E-state index contributed by atoms with van der Waals surface area (Å²) in [6.45, 7) is 0. The van der Waals surface area contributed by atoms with Crippen LogP contribution in [0.25, 0.3) is 16.8 Å². The Morgan fingerprint density at radius 2 is 1.55 bits per heavy atom. The highest BCUT2D eigenvalue weighted by atomic mass is 19.1. The Morgan fingerprint density at radius 3 is 2.35 bits per heavy atom. The van der Waals surface area contributed by atoms with Gasteiger partial charge in [0.2, 0.25) is 0 Å². The van der Waals surface area contributed by atoms with Crippen molar-refractivity contribution in [2.24, 2.45) is 4.99 Å². The lowest BCUT2D eigenvalue weighted by Crippen LogP contribution is -2.33. The molecule has 0 fully saturated rings. The van der Waals surface area contributed by atoms with Gasteiger partial charge in [-0.2, -0.15) is 0 Å². The minimum absolute atomic E-state index is 0.0753. The molecule has 1 aliphatic heterocycles. The highest BCUT2D eigenvalue weighted by Crippen LogP contribution is 2.31. The second-order valence-corrected chi connectivity index (χ2v) is 7.17. The number of aromatic hydroxyl groups is 1. The Bertz CT molecular complexity index is 1370. The molecule has 0 aliphatic carbocycles. The number of rotatable bonds is 3. The number of hydrogen-bond donors (Lipinski definition) is 1. The first-order chi connectivity index (χ1) is 15.1. The summed E-state index contributed by atoms with van der Waals surface area (Å²) >= 11 is 0. The zero-order valence-electron chi connectivity index (χ0n) is 16.4. The number of amides is 1. The van der Waals surface area contributed by atoms with Gasteiger partial charge in [-0.25, -0.2) is 9.38 Å². The van der Waals surface area contributed by atoms with Crippen molar-refractivity contribution in [2.75, 3.05) is 4.90 Å². The van der Waals surface area contributed by atoms with Crippen LogP contribution in [0.2, 0.25) is 0 Å². The lowest BCUT2D eigenvalue weighted by molar-refractivity contribution is -0.113. The van der Waals surface area contributed by atoms with Crippen molar-refractivity contribution in [3.63, 3.8) is 0 Å². The summed E-state index contributed by atoms with van der Waals surface area (Å²) in [5.41, 5.74) is 1.78. The number of benzene rings is 4. The number of anilines is 1. The number of halogens is 1. The first kappa shape index (κ1) is 18.8. The number of phenols is 1. The van der Waals surface area contributed by atoms with Crippen LogP contribution in [-0.2, 0) is 4.79 Å². The molecule has 5 rings (SSSR count). The van der Waals surface area contributed by atoms with E-state index in [2.05, 4.69) is 4.99 Å². The second-order valence-electron chi connectivity index (χ2n) is 7.17. The summed E-state index contributed by atoms with van der Waals surface area (Å²) in [6, 6.07) is 26.1. The lowest BCUT2D eigenvalue weighted by atomic mass is 10.0. The molecule has 4 aromatic carbocycles. The molecule has 0 unspecified atom stereocenters. The monoisotopic (exact) mass is 408 g/mol. The highest BCUT2D eigenvalue weighted by molar-refractivity contribution is 6.33. The molecule has 1 N–H and O–H groups in total. The van der Waals surface area contributed by atoms with Crippen LogP contribution in [0.3, 0.4) is 0 Å². The molecular weight excluding hydrogens is 391 g/mol. The Morgan fingerprint density at radius 1 is 0.839 bits per heavy atom. The van der Waals surface area contributed by atoms with Gasteiger partial charge in [0.25, 0.3) is 5.91 Å². The number of fused-ring (bicyclic) bond motifs is 1. The second kappa shape index (κ2) is 7.54. The Balaban J connectivity index is 1.68. The van der Waals surface area contributed by atoms with Crippen molar-refractivity contribution in [3.05, 3.63) is 114 Å². The zero-order chi connectivity index (χ0) is 21.4. The number of hydrogen-bond acceptors (Lipinski definition) is 3. The van der Waals surface area contributed by atoms with Crippen LogP contribution in [0.4, 0.5) is 10.1 Å². The van der Waals surface area contributed by atoms with Crippen LogP contribution in [0.15, 0.2) is 102 Å². The van der Waals surface area contributed by atoms with E-state index >= 15 is 0 Å². The van der Waals surface area contributed by atoms with E-state index in [1.165, 1.54) is 23.1 Å². The van der Waals surface area contributed by atoms with E-state index in [1.54, 1.807) is 36.4 Å². The fourth-order valence-electron chi connectivity index (χ4n) is 3.70. The summed E-state index contributed by atoms with van der Waals surface area (Å²) < 4.78 is 14.6.